The first kappa shape index (κ1) is 23.0. The van der Waals surface area contributed by atoms with Crippen molar-refractivity contribution in [3.05, 3.63) is 28.8 Å². The van der Waals surface area contributed by atoms with Crippen LogP contribution in [0.2, 0.25) is 5.02 Å². The van der Waals surface area contributed by atoms with Gasteiger partial charge in [-0.1, -0.05) is 37.8 Å². The summed E-state index contributed by atoms with van der Waals surface area (Å²) in [6.07, 6.45) is 14.9. The second-order valence-electron chi connectivity index (χ2n) is 10.3. The van der Waals surface area contributed by atoms with Gasteiger partial charge in [0.15, 0.2) is 0 Å². The normalized spacial score (nSPS) is 33.5. The lowest BCUT2D eigenvalue weighted by Crippen LogP contribution is -2.35. The van der Waals surface area contributed by atoms with Gasteiger partial charge in [-0.15, -0.1) is 0 Å². The topological polar surface area (TPSA) is 26.3 Å². The summed E-state index contributed by atoms with van der Waals surface area (Å²) in [6, 6.07) is 1.95. The zero-order valence-corrected chi connectivity index (χ0v) is 19.3. The lowest BCUT2D eigenvalue weighted by atomic mass is 9.60. The van der Waals surface area contributed by atoms with Gasteiger partial charge in [0, 0.05) is 12.1 Å². The van der Waals surface area contributed by atoms with Crippen LogP contribution in [0, 0.1) is 47.1 Å². The molecular formula is C26H35ClF2O2. The van der Waals surface area contributed by atoms with Gasteiger partial charge < -0.3 is 4.74 Å². The van der Waals surface area contributed by atoms with Crippen LogP contribution in [0.15, 0.2) is 12.1 Å². The summed E-state index contributed by atoms with van der Waals surface area (Å²) in [7, 11) is 0. The summed E-state index contributed by atoms with van der Waals surface area (Å²) in [6.45, 7) is 2.31. The third-order valence-electron chi connectivity index (χ3n) is 8.41. The highest BCUT2D eigenvalue weighted by molar-refractivity contribution is 6.30. The maximum absolute atomic E-state index is 13.6. The minimum atomic E-state index is -0.910. The van der Waals surface area contributed by atoms with Crippen molar-refractivity contribution < 1.29 is 18.3 Å². The third-order valence-corrected chi connectivity index (χ3v) is 8.77. The Kier molecular flexibility index (Phi) is 7.56. The molecule has 172 valence electrons. The molecule has 0 saturated heterocycles. The largest absolute Gasteiger partial charge is 0.426 e. The van der Waals surface area contributed by atoms with E-state index in [9.17, 15) is 13.6 Å². The van der Waals surface area contributed by atoms with E-state index in [2.05, 4.69) is 6.92 Å². The molecule has 0 aromatic heterocycles. The van der Waals surface area contributed by atoms with Crippen molar-refractivity contribution in [2.45, 2.75) is 84.0 Å². The minimum absolute atomic E-state index is 0.108. The van der Waals surface area contributed by atoms with Gasteiger partial charge in [0.05, 0.1) is 5.92 Å². The van der Waals surface area contributed by atoms with Crippen molar-refractivity contribution in [2.75, 3.05) is 0 Å². The van der Waals surface area contributed by atoms with Crippen LogP contribution in [0.25, 0.3) is 0 Å². The molecule has 31 heavy (non-hydrogen) atoms. The molecule has 1 aromatic rings. The molecule has 3 aliphatic carbocycles. The fraction of sp³-hybridized carbons (Fsp3) is 0.731. The number of hydrogen-bond donors (Lipinski definition) is 0. The SMILES string of the molecule is CCCC1CCC2CC(C3CCC(C(=O)Oc4cc(F)c(Cl)c(F)c4)CC3)CCC2C1. The van der Waals surface area contributed by atoms with E-state index < -0.39 is 16.7 Å². The molecule has 0 aliphatic heterocycles. The predicted octanol–water partition coefficient (Wildman–Crippen LogP) is 7.96. The molecule has 0 amide bonds. The Morgan fingerprint density at radius 2 is 1.45 bits per heavy atom. The van der Waals surface area contributed by atoms with Gasteiger partial charge in [-0.05, 0) is 87.4 Å². The van der Waals surface area contributed by atoms with Crippen LogP contribution in [-0.2, 0) is 4.79 Å². The summed E-state index contributed by atoms with van der Waals surface area (Å²) in [5.41, 5.74) is 0. The smallest absolute Gasteiger partial charge is 0.314 e. The minimum Gasteiger partial charge on any atom is -0.426 e. The number of esters is 1. The summed E-state index contributed by atoms with van der Waals surface area (Å²) in [5, 5.41) is -0.575. The van der Waals surface area contributed by atoms with Gasteiger partial charge >= 0.3 is 5.97 Å². The number of rotatable bonds is 5. The Labute approximate surface area is 190 Å². The van der Waals surface area contributed by atoms with Crippen molar-refractivity contribution in [2.24, 2.45) is 35.5 Å². The molecule has 0 heterocycles. The first-order valence-corrected chi connectivity index (χ1v) is 12.7. The van der Waals surface area contributed by atoms with Crippen LogP contribution in [-0.4, -0.2) is 5.97 Å². The van der Waals surface area contributed by atoms with Crippen LogP contribution in [0.3, 0.4) is 0 Å². The molecule has 3 fully saturated rings. The van der Waals surface area contributed by atoms with Gasteiger partial charge in [-0.3, -0.25) is 4.79 Å². The fourth-order valence-electron chi connectivity index (χ4n) is 6.74. The molecule has 3 aliphatic rings. The molecule has 0 radical (unpaired) electrons. The molecule has 0 bridgehead atoms. The van der Waals surface area contributed by atoms with Gasteiger partial charge in [0.25, 0.3) is 0 Å². The van der Waals surface area contributed by atoms with Gasteiger partial charge in [0.2, 0.25) is 0 Å². The van der Waals surface area contributed by atoms with Crippen LogP contribution >= 0.6 is 11.6 Å². The molecular weight excluding hydrogens is 418 g/mol. The Morgan fingerprint density at radius 3 is 2.10 bits per heavy atom. The zero-order valence-electron chi connectivity index (χ0n) is 18.6. The molecule has 4 atom stereocenters. The number of carbonyl (C=O) groups is 1. The number of hydrogen-bond acceptors (Lipinski definition) is 2. The standard InChI is InChI=1S/C26H35ClF2O2/c1-2-3-16-4-5-21-13-20(11-10-19(21)12-16)17-6-8-18(9-7-17)26(30)31-22-14-23(28)25(27)24(29)15-22/h14-21H,2-13H2,1H3. The van der Waals surface area contributed by atoms with E-state index in [0.29, 0.717) is 5.92 Å². The number of carbonyl (C=O) groups excluding carboxylic acids is 1. The molecule has 1 aromatic carbocycles. The maximum atomic E-state index is 13.6. The number of halogens is 3. The number of ether oxygens (including phenoxy) is 1. The monoisotopic (exact) mass is 452 g/mol. The molecule has 0 N–H and O–H groups in total. The van der Waals surface area contributed by atoms with E-state index in [1.807, 2.05) is 0 Å². The van der Waals surface area contributed by atoms with E-state index in [4.69, 9.17) is 16.3 Å². The molecule has 0 spiro atoms. The first-order chi connectivity index (χ1) is 14.9. The summed E-state index contributed by atoms with van der Waals surface area (Å²) < 4.78 is 32.5. The second-order valence-corrected chi connectivity index (χ2v) is 10.7. The fourth-order valence-corrected chi connectivity index (χ4v) is 6.85. The molecule has 4 unspecified atom stereocenters. The van der Waals surface area contributed by atoms with Crippen LogP contribution < -0.4 is 4.74 Å². The Balaban J connectivity index is 1.25. The van der Waals surface area contributed by atoms with Crippen molar-refractivity contribution in [3.8, 4) is 5.75 Å². The van der Waals surface area contributed by atoms with E-state index in [1.54, 1.807) is 0 Å². The Morgan fingerprint density at radius 1 is 0.903 bits per heavy atom. The molecule has 4 rings (SSSR count). The highest BCUT2D eigenvalue weighted by Crippen LogP contribution is 2.49. The van der Waals surface area contributed by atoms with Gasteiger partial charge in [-0.2, -0.15) is 0 Å². The summed E-state index contributed by atoms with van der Waals surface area (Å²) in [4.78, 5) is 12.5. The molecule has 2 nitrogen and oxygen atoms in total. The summed E-state index contributed by atoms with van der Waals surface area (Å²) >= 11 is 5.50. The lowest BCUT2D eigenvalue weighted by Gasteiger charge is -2.45. The Bertz CT molecular complexity index is 752. The van der Waals surface area contributed by atoms with Crippen molar-refractivity contribution >= 4 is 17.6 Å². The Hall–Kier alpha value is -1.16. The van der Waals surface area contributed by atoms with Gasteiger partial charge in [-0.25, -0.2) is 8.78 Å². The zero-order chi connectivity index (χ0) is 22.0. The number of fused-ring (bicyclic) bond motifs is 1. The van der Waals surface area contributed by atoms with Gasteiger partial charge in [0.1, 0.15) is 22.4 Å². The lowest BCUT2D eigenvalue weighted by molar-refractivity contribution is -0.140. The van der Waals surface area contributed by atoms with E-state index in [1.165, 1.54) is 51.4 Å². The quantitative estimate of drug-likeness (QED) is 0.257. The number of benzene rings is 1. The van der Waals surface area contributed by atoms with Crippen molar-refractivity contribution in [1.82, 2.24) is 0 Å². The van der Waals surface area contributed by atoms with Crippen LogP contribution in [0.5, 0.6) is 5.75 Å². The van der Waals surface area contributed by atoms with E-state index in [-0.39, 0.29) is 17.6 Å². The third kappa shape index (κ3) is 5.43. The highest BCUT2D eigenvalue weighted by Gasteiger charge is 2.39. The van der Waals surface area contributed by atoms with Crippen LogP contribution in [0.1, 0.15) is 84.0 Å². The second kappa shape index (κ2) is 10.2. The molecule has 5 heteroatoms. The summed E-state index contributed by atoms with van der Waals surface area (Å²) in [5.74, 6) is 1.87. The first-order valence-electron chi connectivity index (χ1n) is 12.3. The molecule has 3 saturated carbocycles. The maximum Gasteiger partial charge on any atom is 0.314 e. The predicted molar refractivity (Wildman–Crippen MR) is 119 cm³/mol. The van der Waals surface area contributed by atoms with Crippen LogP contribution in [0.4, 0.5) is 8.78 Å². The average molecular weight is 453 g/mol. The van der Waals surface area contributed by atoms with Crippen molar-refractivity contribution in [3.63, 3.8) is 0 Å². The van der Waals surface area contributed by atoms with E-state index in [0.717, 1.165) is 61.5 Å². The van der Waals surface area contributed by atoms with Crippen molar-refractivity contribution in [1.29, 1.82) is 0 Å². The van der Waals surface area contributed by atoms with E-state index >= 15 is 0 Å². The highest BCUT2D eigenvalue weighted by atomic mass is 35.5. The average Bonchev–Trinajstić information content (AvgIpc) is 2.77.